The van der Waals surface area contributed by atoms with Crippen LogP contribution < -0.4 is 0 Å². The highest BCUT2D eigenvalue weighted by molar-refractivity contribution is 5.66. The zero-order valence-corrected chi connectivity index (χ0v) is 18.5. The third kappa shape index (κ3) is 7.71. The van der Waals surface area contributed by atoms with Crippen LogP contribution in [0.5, 0.6) is 0 Å². The number of carboxylic acid groups (broad SMARTS) is 1. The molecule has 0 aliphatic heterocycles. The van der Waals surface area contributed by atoms with Crippen LogP contribution >= 0.6 is 0 Å². The average Bonchev–Trinajstić information content (AvgIpc) is 3.01. The molecule has 2 saturated carbocycles. The Hall–Kier alpha value is -0.870. The van der Waals surface area contributed by atoms with Crippen molar-refractivity contribution in [2.45, 2.75) is 122 Å². The number of carboxylic acids is 1. The normalized spacial score (nSPS) is 27.2. The van der Waals surface area contributed by atoms with E-state index in [2.05, 4.69) is 19.1 Å². The molecule has 0 aromatic rings. The van der Waals surface area contributed by atoms with Crippen molar-refractivity contribution in [1.29, 1.82) is 0 Å². The highest BCUT2D eigenvalue weighted by Crippen LogP contribution is 2.49. The molecule has 0 radical (unpaired) electrons. The second-order valence-electron chi connectivity index (χ2n) is 9.68. The van der Waals surface area contributed by atoms with Gasteiger partial charge in [0, 0.05) is 6.42 Å². The molecule has 168 valence electrons. The van der Waals surface area contributed by atoms with Crippen LogP contribution in [0.2, 0.25) is 0 Å². The van der Waals surface area contributed by atoms with Crippen LogP contribution in [0.25, 0.3) is 0 Å². The molecule has 2 fully saturated rings. The van der Waals surface area contributed by atoms with Gasteiger partial charge in [-0.25, -0.2) is 0 Å². The molecule has 4 nitrogen and oxygen atoms in total. The van der Waals surface area contributed by atoms with Gasteiger partial charge in [0.2, 0.25) is 0 Å². The lowest BCUT2D eigenvalue weighted by molar-refractivity contribution is -0.137. The lowest BCUT2D eigenvalue weighted by Gasteiger charge is -2.45. The monoisotopic (exact) mass is 408 g/mol. The van der Waals surface area contributed by atoms with E-state index in [9.17, 15) is 15.0 Å². The van der Waals surface area contributed by atoms with Gasteiger partial charge in [0.15, 0.2) is 0 Å². The number of aliphatic carboxylic acids is 1. The minimum Gasteiger partial charge on any atom is -0.481 e. The number of aliphatic hydroxyl groups is 2. The molecule has 0 amide bonds. The highest BCUT2D eigenvalue weighted by Gasteiger charge is 2.42. The largest absolute Gasteiger partial charge is 0.481 e. The van der Waals surface area contributed by atoms with Crippen molar-refractivity contribution in [2.24, 2.45) is 17.3 Å². The van der Waals surface area contributed by atoms with Crippen molar-refractivity contribution in [3.05, 3.63) is 12.2 Å². The number of hydrogen-bond donors (Lipinski definition) is 3. The second kappa shape index (κ2) is 12.7. The number of carbonyl (C=O) groups is 1. The van der Waals surface area contributed by atoms with E-state index in [1.807, 2.05) is 0 Å². The topological polar surface area (TPSA) is 77.8 Å². The fourth-order valence-electron chi connectivity index (χ4n) is 5.41. The summed E-state index contributed by atoms with van der Waals surface area (Å²) < 4.78 is 0. The average molecular weight is 409 g/mol. The van der Waals surface area contributed by atoms with Crippen LogP contribution in [-0.4, -0.2) is 33.5 Å². The fraction of sp³-hybridized carbons (Fsp3) is 0.880. The first kappa shape index (κ1) is 24.4. The number of allylic oxidation sites excluding steroid dienone is 1. The summed E-state index contributed by atoms with van der Waals surface area (Å²) in [6.45, 7) is 2.24. The summed E-state index contributed by atoms with van der Waals surface area (Å²) >= 11 is 0. The van der Waals surface area contributed by atoms with E-state index < -0.39 is 5.97 Å². The van der Waals surface area contributed by atoms with Crippen LogP contribution in [0.15, 0.2) is 12.2 Å². The zero-order valence-electron chi connectivity index (χ0n) is 18.5. The number of hydrogen-bond acceptors (Lipinski definition) is 3. The SMILES string of the molecule is CCCCCCC1(C(O)C=C[C@H]2CC[C@H](O)[C@@H]2CCCCCCC(=O)O)CCC1. The molecule has 0 heterocycles. The van der Waals surface area contributed by atoms with Crippen molar-refractivity contribution in [3.8, 4) is 0 Å². The van der Waals surface area contributed by atoms with Crippen molar-refractivity contribution >= 4 is 5.97 Å². The Bertz CT molecular complexity index is 497. The van der Waals surface area contributed by atoms with Crippen molar-refractivity contribution in [1.82, 2.24) is 0 Å². The number of aliphatic hydroxyl groups excluding tert-OH is 2. The van der Waals surface area contributed by atoms with Crippen LogP contribution in [0.4, 0.5) is 0 Å². The van der Waals surface area contributed by atoms with Crippen LogP contribution in [0.3, 0.4) is 0 Å². The Labute approximate surface area is 177 Å². The molecular weight excluding hydrogens is 364 g/mol. The minimum atomic E-state index is -0.713. The van der Waals surface area contributed by atoms with Crippen molar-refractivity contribution < 1.29 is 20.1 Å². The number of unbranched alkanes of at least 4 members (excludes halogenated alkanes) is 6. The molecule has 4 heteroatoms. The Morgan fingerprint density at radius 3 is 2.45 bits per heavy atom. The van der Waals surface area contributed by atoms with E-state index in [0.717, 1.165) is 64.2 Å². The fourth-order valence-corrected chi connectivity index (χ4v) is 5.41. The minimum absolute atomic E-state index is 0.112. The molecule has 4 atom stereocenters. The molecule has 0 aromatic heterocycles. The Morgan fingerprint density at radius 1 is 1.07 bits per heavy atom. The van der Waals surface area contributed by atoms with Gasteiger partial charge in [-0.3, -0.25) is 4.79 Å². The van der Waals surface area contributed by atoms with E-state index in [1.54, 1.807) is 0 Å². The van der Waals surface area contributed by atoms with E-state index >= 15 is 0 Å². The summed E-state index contributed by atoms with van der Waals surface area (Å²) in [7, 11) is 0. The molecule has 3 N–H and O–H groups in total. The number of rotatable bonds is 15. The Morgan fingerprint density at radius 2 is 1.79 bits per heavy atom. The quantitative estimate of drug-likeness (QED) is 0.234. The summed E-state index contributed by atoms with van der Waals surface area (Å²) in [4.78, 5) is 10.6. The summed E-state index contributed by atoms with van der Waals surface area (Å²) in [5.41, 5.74) is 0.112. The van der Waals surface area contributed by atoms with Crippen molar-refractivity contribution in [2.75, 3.05) is 0 Å². The van der Waals surface area contributed by atoms with E-state index in [-0.39, 0.29) is 24.0 Å². The molecule has 0 bridgehead atoms. The zero-order chi connectivity index (χ0) is 21.1. The molecular formula is C25H44O4. The van der Waals surface area contributed by atoms with Gasteiger partial charge in [-0.2, -0.15) is 0 Å². The van der Waals surface area contributed by atoms with Gasteiger partial charge in [0.05, 0.1) is 12.2 Å². The van der Waals surface area contributed by atoms with Gasteiger partial charge in [-0.15, -0.1) is 0 Å². The Kier molecular flexibility index (Phi) is 10.7. The third-order valence-corrected chi connectivity index (χ3v) is 7.56. The summed E-state index contributed by atoms with van der Waals surface area (Å²) in [5.74, 6) is -0.0507. The van der Waals surface area contributed by atoms with E-state index in [1.165, 1.54) is 32.1 Å². The molecule has 2 aliphatic carbocycles. The molecule has 0 spiro atoms. The second-order valence-corrected chi connectivity index (χ2v) is 9.68. The molecule has 2 aliphatic rings. The van der Waals surface area contributed by atoms with Gasteiger partial charge in [-0.05, 0) is 62.2 Å². The van der Waals surface area contributed by atoms with Crippen LogP contribution in [0, 0.1) is 17.3 Å². The summed E-state index contributed by atoms with van der Waals surface area (Å²) in [6, 6.07) is 0. The third-order valence-electron chi connectivity index (χ3n) is 7.56. The molecule has 0 aromatic carbocycles. The van der Waals surface area contributed by atoms with E-state index in [0.29, 0.717) is 11.8 Å². The standard InChI is InChI=1S/C25H44O4/c1-2-3-4-9-17-25(18-10-19-25)23(27)16-14-20-13-15-22(26)21(20)11-7-5-6-8-12-24(28)29/h14,16,20-23,26-27H,2-13,15,17-19H2,1H3,(H,28,29)/t20-,21-,22+,23?/m1/s1. The van der Waals surface area contributed by atoms with Gasteiger partial charge < -0.3 is 15.3 Å². The summed E-state index contributed by atoms with van der Waals surface area (Å²) in [6.07, 6.45) is 20.4. The van der Waals surface area contributed by atoms with Gasteiger partial charge >= 0.3 is 5.97 Å². The van der Waals surface area contributed by atoms with Gasteiger partial charge in [0.1, 0.15) is 0 Å². The first-order chi connectivity index (χ1) is 14.0. The first-order valence-electron chi connectivity index (χ1n) is 12.2. The van der Waals surface area contributed by atoms with Crippen LogP contribution in [0.1, 0.15) is 110 Å². The lowest BCUT2D eigenvalue weighted by Crippen LogP contribution is -2.40. The summed E-state index contributed by atoms with van der Waals surface area (Å²) in [5, 5.41) is 30.0. The maximum atomic E-state index is 10.9. The van der Waals surface area contributed by atoms with Gasteiger partial charge in [-0.1, -0.05) is 70.4 Å². The molecule has 1 unspecified atom stereocenters. The molecule has 2 rings (SSSR count). The molecule has 0 saturated heterocycles. The predicted octanol–water partition coefficient (Wildman–Crippen LogP) is 5.86. The highest BCUT2D eigenvalue weighted by atomic mass is 16.4. The van der Waals surface area contributed by atoms with Crippen molar-refractivity contribution in [3.63, 3.8) is 0 Å². The maximum absolute atomic E-state index is 10.9. The lowest BCUT2D eigenvalue weighted by atomic mass is 9.62. The maximum Gasteiger partial charge on any atom is 0.303 e. The Balaban J connectivity index is 1.77. The van der Waals surface area contributed by atoms with E-state index in [4.69, 9.17) is 5.11 Å². The predicted molar refractivity (Wildman–Crippen MR) is 118 cm³/mol. The smallest absolute Gasteiger partial charge is 0.303 e. The molecule has 29 heavy (non-hydrogen) atoms. The van der Waals surface area contributed by atoms with Gasteiger partial charge in [0.25, 0.3) is 0 Å². The first-order valence-corrected chi connectivity index (χ1v) is 12.2. The van der Waals surface area contributed by atoms with Crippen LogP contribution in [-0.2, 0) is 4.79 Å².